The van der Waals surface area contributed by atoms with Gasteiger partial charge in [0.15, 0.2) is 0 Å². The van der Waals surface area contributed by atoms with Gasteiger partial charge in [0.2, 0.25) is 0 Å². The van der Waals surface area contributed by atoms with Crippen LogP contribution >= 0.6 is 0 Å². The Morgan fingerprint density at radius 2 is 1.20 bits per heavy atom. The van der Waals surface area contributed by atoms with Crippen molar-refractivity contribution in [3.05, 3.63) is 242 Å². The molecule has 0 saturated heterocycles. The van der Waals surface area contributed by atoms with Crippen molar-refractivity contribution in [3.63, 3.8) is 0 Å². The van der Waals surface area contributed by atoms with Gasteiger partial charge in [0.05, 0.1) is 41.5 Å². The first-order valence-electron chi connectivity index (χ1n) is 27.9. The molecule has 13 rings (SSSR count). The van der Waals surface area contributed by atoms with Crippen molar-refractivity contribution in [2.45, 2.75) is 19.7 Å². The molecule has 0 aliphatic rings. The van der Waals surface area contributed by atoms with Gasteiger partial charge < -0.3 is 18.4 Å². The second-order valence-corrected chi connectivity index (χ2v) is 16.9. The summed E-state index contributed by atoms with van der Waals surface area (Å²) in [5, 5.41) is 4.16. The number of rotatable bonds is 9. The number of hydrogen-bond acceptors (Lipinski definition) is 2. The summed E-state index contributed by atoms with van der Waals surface area (Å²) in [7, 11) is 0. The minimum atomic E-state index is -0.902. The monoisotopic (exact) mass is 1090 g/mol. The van der Waals surface area contributed by atoms with Gasteiger partial charge in [-0.3, -0.25) is 4.57 Å². The molecule has 0 fully saturated rings. The summed E-state index contributed by atoms with van der Waals surface area (Å²) < 4.78 is 111. The van der Waals surface area contributed by atoms with Crippen molar-refractivity contribution >= 4 is 54.6 Å². The van der Waals surface area contributed by atoms with Gasteiger partial charge in [0.1, 0.15) is 5.82 Å². The first-order chi connectivity index (χ1) is 38.5. The van der Waals surface area contributed by atoms with Crippen molar-refractivity contribution in [2.24, 2.45) is 0 Å². The summed E-state index contributed by atoms with van der Waals surface area (Å²) >= 11 is 0. The number of imidazole rings is 1. The molecule has 0 amide bonds. The van der Waals surface area contributed by atoms with Crippen LogP contribution in [0.5, 0.6) is 11.5 Å². The predicted molar refractivity (Wildman–Crippen MR) is 279 cm³/mol. The smallest absolute Gasteiger partial charge is 0.268 e. The third-order valence-electron chi connectivity index (χ3n) is 12.6. The van der Waals surface area contributed by atoms with Crippen LogP contribution in [0.25, 0.3) is 99.8 Å². The van der Waals surface area contributed by atoms with Gasteiger partial charge in [-0.2, -0.15) is 18.2 Å². The number of pyridine rings is 1. The van der Waals surface area contributed by atoms with Crippen molar-refractivity contribution in [2.75, 3.05) is 0 Å². The fourth-order valence-electron chi connectivity index (χ4n) is 9.51. The fraction of sp³-hybridized carbons (Fsp3) is 0.0476. The van der Waals surface area contributed by atoms with E-state index in [1.807, 2.05) is 60.9 Å². The molecular weight excluding hydrogens is 1040 g/mol. The third kappa shape index (κ3) is 7.22. The first-order valence-corrected chi connectivity index (χ1v) is 22.4. The zero-order valence-corrected chi connectivity index (χ0v) is 39.7. The SMILES string of the molecule is [2H]c1c([2H])c([2H])c(-c2cccc(-c3c([2H])c([2H])c([2H])c([2H])c3[2H])c2-[n+]2[c-]n(-c3[c-]c(Oc4[c-]c5c(cc4)c4cc(-n6c7ccccc7c7ccccc76)ccc4n5-c4cc(C([2H])(C)C)ccn4)ccc3)c3ccccc32)c([2H])c1[2H].[Pt]. The van der Waals surface area contributed by atoms with Crippen LogP contribution < -0.4 is 9.30 Å². The second kappa shape index (κ2) is 17.6. The number of ether oxygens (including phenoxy) is 1. The topological polar surface area (TPSA) is 40.8 Å². The largest absolute Gasteiger partial charge is 0.510 e. The Balaban J connectivity index is 0.00000651. The molecule has 13 aromatic rings. The fourth-order valence-corrected chi connectivity index (χ4v) is 9.51. The summed E-state index contributed by atoms with van der Waals surface area (Å²) in [6.45, 7) is 3.69. The van der Waals surface area contributed by atoms with Crippen LogP contribution in [0.3, 0.4) is 0 Å². The van der Waals surface area contributed by atoms with Crippen molar-refractivity contribution in [1.82, 2.24) is 18.7 Å². The van der Waals surface area contributed by atoms with E-state index in [-0.39, 0.29) is 49.0 Å². The first kappa shape index (κ1) is 32.4. The van der Waals surface area contributed by atoms with Gasteiger partial charge in [-0.25, -0.2) is 4.98 Å². The molecule has 6 nitrogen and oxygen atoms in total. The molecule has 0 atom stereocenters. The molecule has 0 radical (unpaired) electrons. The maximum Gasteiger partial charge on any atom is 0.268 e. The molecule has 0 N–H and O–H groups in total. The van der Waals surface area contributed by atoms with Crippen LogP contribution in [-0.2, 0) is 21.1 Å². The number of hydrogen-bond donors (Lipinski definition) is 0. The van der Waals surface area contributed by atoms with Crippen molar-refractivity contribution in [3.8, 4) is 56.6 Å². The Bertz CT molecular complexity index is 4580. The van der Waals surface area contributed by atoms with E-state index in [4.69, 9.17) is 24.8 Å². The summed E-state index contributed by atoms with van der Waals surface area (Å²) in [6.07, 6.45) is 5.14. The van der Waals surface area contributed by atoms with E-state index in [9.17, 15) is 0 Å². The van der Waals surface area contributed by atoms with Gasteiger partial charge in [-0.1, -0.05) is 159 Å². The van der Waals surface area contributed by atoms with Gasteiger partial charge >= 0.3 is 0 Å². The summed E-state index contributed by atoms with van der Waals surface area (Å²) in [4.78, 5) is 4.86. The molecule has 70 heavy (non-hydrogen) atoms. The minimum absolute atomic E-state index is 0. The summed E-state index contributed by atoms with van der Waals surface area (Å²) in [5.74, 6) is 0.408. The number of nitrogens with zero attached hydrogens (tertiary/aromatic N) is 5. The number of aromatic nitrogens is 5. The Labute approximate surface area is 435 Å². The van der Waals surface area contributed by atoms with E-state index >= 15 is 0 Å². The molecular formula is C63H43N5OPt-2. The second-order valence-electron chi connectivity index (χ2n) is 16.9. The summed E-state index contributed by atoms with van der Waals surface area (Å²) in [6, 6.07) is 49.8. The van der Waals surface area contributed by atoms with E-state index < -0.39 is 66.3 Å². The maximum absolute atomic E-state index is 9.06. The standard InChI is InChI=1S/C63H43N5O.Pt/c1-42(2)45-35-36-64-62(37-45)68-58-34-31-47(67-56-27-11-9-23-52(56)53-24-10-12-28-57(53)67)39-55(58)54-33-32-49(40-61(54)68)69-48-22-15-21-46(38-48)65-41-66(60-30-14-13-29-59(60)65)63-50(43-17-5-3-6-18-43)25-16-26-51(63)44-19-7-4-8-20-44;/h3-37,39,42H,1-2H3;/q-2;/i3D,4D,5D,6D,7D,8D,17D,18D,19D,20D,42D;. The Hall–Kier alpha value is -8.31. The van der Waals surface area contributed by atoms with Crippen molar-refractivity contribution < 1.29 is 45.4 Å². The van der Waals surface area contributed by atoms with E-state index in [2.05, 4.69) is 89.8 Å². The molecule has 4 heterocycles. The normalized spacial score (nSPS) is 13.9. The van der Waals surface area contributed by atoms with Crippen LogP contribution in [0.1, 0.15) is 40.4 Å². The minimum Gasteiger partial charge on any atom is -0.510 e. The summed E-state index contributed by atoms with van der Waals surface area (Å²) in [5.41, 5.74) is 7.19. The number of fused-ring (bicyclic) bond motifs is 7. The van der Waals surface area contributed by atoms with E-state index in [0.29, 0.717) is 39.6 Å². The van der Waals surface area contributed by atoms with Gasteiger partial charge in [0.25, 0.3) is 6.33 Å². The zero-order valence-electron chi connectivity index (χ0n) is 48.5. The Morgan fingerprint density at radius 1 is 0.571 bits per heavy atom. The molecule has 0 aliphatic heterocycles. The van der Waals surface area contributed by atoms with Crippen LogP contribution in [0, 0.1) is 18.5 Å². The van der Waals surface area contributed by atoms with E-state index in [1.54, 1.807) is 57.8 Å². The zero-order chi connectivity index (χ0) is 55.6. The maximum atomic E-state index is 9.06. The third-order valence-corrected chi connectivity index (χ3v) is 12.6. The van der Waals surface area contributed by atoms with Crippen LogP contribution in [0.2, 0.25) is 0 Å². The molecule has 7 heteroatoms. The molecule has 0 aliphatic carbocycles. The van der Waals surface area contributed by atoms with Gasteiger partial charge in [0, 0.05) is 62.1 Å². The number of para-hydroxylation sites is 5. The molecule has 0 bridgehead atoms. The molecule has 4 aromatic heterocycles. The van der Waals surface area contributed by atoms with Crippen molar-refractivity contribution in [1.29, 1.82) is 0 Å². The quantitative estimate of drug-likeness (QED) is 0.107. The molecule has 0 saturated carbocycles. The number of benzene rings is 9. The molecule has 0 unspecified atom stereocenters. The van der Waals surface area contributed by atoms with Crippen LogP contribution in [0.15, 0.2) is 218 Å². The average Bonchev–Trinajstić information content (AvgIpc) is 4.34. The van der Waals surface area contributed by atoms with Crippen LogP contribution in [0.4, 0.5) is 0 Å². The molecule has 0 spiro atoms. The Kier molecular flexibility index (Phi) is 8.18. The average molecular weight is 1090 g/mol. The molecule has 9 aromatic carbocycles. The Morgan fingerprint density at radius 3 is 1.90 bits per heavy atom. The van der Waals surface area contributed by atoms with E-state index in [0.717, 1.165) is 49.3 Å². The molecule has 338 valence electrons. The van der Waals surface area contributed by atoms with Gasteiger partial charge in [-0.15, -0.1) is 29.7 Å². The van der Waals surface area contributed by atoms with E-state index in [1.165, 1.54) is 0 Å². The van der Waals surface area contributed by atoms with Gasteiger partial charge in [-0.05, 0) is 87.2 Å². The van der Waals surface area contributed by atoms with Crippen LogP contribution in [-0.4, -0.2) is 18.7 Å². The predicted octanol–water partition coefficient (Wildman–Crippen LogP) is 15.1.